The van der Waals surface area contributed by atoms with Crippen LogP contribution in [0.25, 0.3) is 11.0 Å². The van der Waals surface area contributed by atoms with Crippen molar-refractivity contribution in [2.24, 2.45) is 0 Å². The molecule has 0 aliphatic heterocycles. The number of ketones is 1. The van der Waals surface area contributed by atoms with Gasteiger partial charge in [-0.05, 0) is 0 Å². The zero-order chi connectivity index (χ0) is 14.0. The molecule has 0 saturated heterocycles. The number of Topliss-reactive ketones (excluding diaryl/α,β-unsaturated/α-hetero) is 1. The van der Waals surface area contributed by atoms with Crippen LogP contribution < -0.4 is 0 Å². The molecule has 0 bridgehead atoms. The lowest BCUT2D eigenvalue weighted by atomic mass is 10.2. The van der Waals surface area contributed by atoms with Crippen LogP contribution in [-0.4, -0.2) is 25.5 Å². The highest BCUT2D eigenvalue weighted by Crippen LogP contribution is 2.27. The highest BCUT2D eigenvalue weighted by molar-refractivity contribution is 5.94. The largest absolute Gasteiger partial charge is 0.345 e. The van der Waals surface area contributed by atoms with Crippen LogP contribution in [0.2, 0.25) is 0 Å². The third kappa shape index (κ3) is 2.35. The fourth-order valence-electron chi connectivity index (χ4n) is 1.56. The summed E-state index contributed by atoms with van der Waals surface area (Å²) in [5.41, 5.74) is -0.0470. The zero-order valence-corrected chi connectivity index (χ0v) is 10.3. The first-order valence-corrected chi connectivity index (χ1v) is 5.72. The van der Waals surface area contributed by atoms with Gasteiger partial charge in [0.05, 0.1) is 11.6 Å². The standard InChI is InChI=1S/C12H12F2N4O/c1-3-5-9(19)10-15-6-8-7-16-18(11(8)17-10)12(13,14)4-2/h3,6-7H,1,4-5H2,2H3. The Balaban J connectivity index is 2.54. The second-order valence-electron chi connectivity index (χ2n) is 3.96. The molecule has 0 aromatic carbocycles. The minimum Gasteiger partial charge on any atom is -0.290 e. The van der Waals surface area contributed by atoms with E-state index in [0.717, 1.165) is 0 Å². The highest BCUT2D eigenvalue weighted by atomic mass is 19.3. The van der Waals surface area contributed by atoms with Crippen LogP contribution in [0, 0.1) is 0 Å². The fourth-order valence-corrected chi connectivity index (χ4v) is 1.56. The summed E-state index contributed by atoms with van der Waals surface area (Å²) in [4.78, 5) is 19.3. The topological polar surface area (TPSA) is 60.7 Å². The Labute approximate surface area is 108 Å². The lowest BCUT2D eigenvalue weighted by molar-refractivity contribution is -0.0915. The van der Waals surface area contributed by atoms with E-state index in [1.54, 1.807) is 0 Å². The van der Waals surface area contributed by atoms with Crippen molar-refractivity contribution in [1.82, 2.24) is 19.7 Å². The van der Waals surface area contributed by atoms with Crippen LogP contribution in [0.15, 0.2) is 25.0 Å². The van der Waals surface area contributed by atoms with Crippen molar-refractivity contribution >= 4 is 16.8 Å². The SMILES string of the molecule is C=CCC(=O)c1ncc2cnn(C(F)(F)CC)c2n1. The van der Waals surface area contributed by atoms with E-state index in [1.165, 1.54) is 25.4 Å². The maximum absolute atomic E-state index is 13.7. The number of allylic oxidation sites excluding steroid dienone is 1. The van der Waals surface area contributed by atoms with Gasteiger partial charge in [-0.2, -0.15) is 18.6 Å². The van der Waals surface area contributed by atoms with Crippen LogP contribution in [0.1, 0.15) is 30.4 Å². The van der Waals surface area contributed by atoms with Crippen LogP contribution in [-0.2, 0) is 6.05 Å². The van der Waals surface area contributed by atoms with Crippen LogP contribution in [0.3, 0.4) is 0 Å². The lowest BCUT2D eigenvalue weighted by Crippen LogP contribution is -2.23. The summed E-state index contributed by atoms with van der Waals surface area (Å²) in [6.07, 6.45) is 3.62. The van der Waals surface area contributed by atoms with Gasteiger partial charge < -0.3 is 0 Å². The molecule has 0 N–H and O–H groups in total. The monoisotopic (exact) mass is 266 g/mol. The minimum atomic E-state index is -3.14. The van der Waals surface area contributed by atoms with E-state index >= 15 is 0 Å². The molecule has 0 aliphatic rings. The van der Waals surface area contributed by atoms with Crippen molar-refractivity contribution in [1.29, 1.82) is 0 Å². The predicted molar refractivity (Wildman–Crippen MR) is 64.9 cm³/mol. The van der Waals surface area contributed by atoms with Crippen molar-refractivity contribution in [3.8, 4) is 0 Å². The smallest absolute Gasteiger partial charge is 0.290 e. The molecule has 0 unspecified atom stereocenters. The molecule has 0 fully saturated rings. The molecule has 0 radical (unpaired) electrons. The summed E-state index contributed by atoms with van der Waals surface area (Å²) < 4.78 is 27.9. The first-order chi connectivity index (χ1) is 8.99. The predicted octanol–water partition coefficient (Wildman–Crippen LogP) is 2.54. The van der Waals surface area contributed by atoms with Gasteiger partial charge >= 0.3 is 6.05 Å². The molecule has 0 atom stereocenters. The average Bonchev–Trinajstić information content (AvgIpc) is 2.82. The molecule has 0 spiro atoms. The Morgan fingerprint density at radius 1 is 1.53 bits per heavy atom. The summed E-state index contributed by atoms with van der Waals surface area (Å²) in [6.45, 7) is 4.78. The Morgan fingerprint density at radius 2 is 2.26 bits per heavy atom. The number of aromatic nitrogens is 4. The number of halogens is 2. The van der Waals surface area contributed by atoms with Crippen LogP contribution >= 0.6 is 0 Å². The number of rotatable bonds is 5. The lowest BCUT2D eigenvalue weighted by Gasteiger charge is -2.14. The molecule has 2 rings (SSSR count). The van der Waals surface area contributed by atoms with Crippen molar-refractivity contribution in [3.05, 3.63) is 30.9 Å². The third-order valence-electron chi connectivity index (χ3n) is 2.62. The van der Waals surface area contributed by atoms with E-state index in [-0.39, 0.29) is 23.7 Å². The summed E-state index contributed by atoms with van der Waals surface area (Å²) in [5, 5.41) is 3.98. The third-order valence-corrected chi connectivity index (χ3v) is 2.62. The molecular formula is C12H12F2N4O. The highest BCUT2D eigenvalue weighted by Gasteiger charge is 2.32. The molecule has 19 heavy (non-hydrogen) atoms. The van der Waals surface area contributed by atoms with E-state index in [2.05, 4.69) is 21.6 Å². The van der Waals surface area contributed by atoms with Gasteiger partial charge in [-0.15, -0.1) is 6.58 Å². The number of carbonyl (C=O) groups excluding carboxylic acids is 1. The molecule has 2 aromatic heterocycles. The Hall–Kier alpha value is -2.18. The maximum Gasteiger partial charge on any atom is 0.345 e. The van der Waals surface area contributed by atoms with Gasteiger partial charge in [0.1, 0.15) is 0 Å². The molecule has 5 nitrogen and oxygen atoms in total. The van der Waals surface area contributed by atoms with Gasteiger partial charge in [0.2, 0.25) is 5.78 Å². The van der Waals surface area contributed by atoms with Crippen molar-refractivity contribution < 1.29 is 13.6 Å². The van der Waals surface area contributed by atoms with E-state index in [9.17, 15) is 13.6 Å². The first kappa shape index (κ1) is 13.3. The van der Waals surface area contributed by atoms with Gasteiger partial charge in [-0.25, -0.2) is 9.97 Å². The maximum atomic E-state index is 13.7. The Kier molecular flexibility index (Phi) is 3.37. The number of carbonyl (C=O) groups is 1. The Morgan fingerprint density at radius 3 is 2.89 bits per heavy atom. The molecule has 100 valence electrons. The molecule has 2 aromatic rings. The van der Waals surface area contributed by atoms with E-state index in [0.29, 0.717) is 10.1 Å². The van der Waals surface area contributed by atoms with Gasteiger partial charge in [0, 0.05) is 19.0 Å². The number of nitrogens with zero attached hydrogens (tertiary/aromatic N) is 4. The number of hydrogen-bond acceptors (Lipinski definition) is 4. The summed E-state index contributed by atoms with van der Waals surface area (Å²) >= 11 is 0. The second kappa shape index (κ2) is 4.83. The van der Waals surface area contributed by atoms with Crippen LogP contribution in [0.5, 0.6) is 0 Å². The van der Waals surface area contributed by atoms with Gasteiger partial charge in [0.25, 0.3) is 0 Å². The second-order valence-corrected chi connectivity index (χ2v) is 3.96. The Bertz CT molecular complexity index is 636. The first-order valence-electron chi connectivity index (χ1n) is 5.72. The minimum absolute atomic E-state index is 0.0470. The molecule has 0 aliphatic carbocycles. The average molecular weight is 266 g/mol. The molecule has 7 heteroatoms. The molecule has 0 saturated carbocycles. The van der Waals surface area contributed by atoms with Crippen molar-refractivity contribution in [3.63, 3.8) is 0 Å². The van der Waals surface area contributed by atoms with Crippen molar-refractivity contribution in [2.75, 3.05) is 0 Å². The van der Waals surface area contributed by atoms with E-state index in [1.807, 2.05) is 0 Å². The zero-order valence-electron chi connectivity index (χ0n) is 10.3. The quantitative estimate of drug-likeness (QED) is 0.616. The van der Waals surface area contributed by atoms with E-state index < -0.39 is 12.5 Å². The molecule has 2 heterocycles. The van der Waals surface area contributed by atoms with Gasteiger partial charge in [0.15, 0.2) is 11.5 Å². The summed E-state index contributed by atoms with van der Waals surface area (Å²) in [7, 11) is 0. The molecular weight excluding hydrogens is 254 g/mol. The fraction of sp³-hybridized carbons (Fsp3) is 0.333. The number of fused-ring (bicyclic) bond motifs is 1. The number of alkyl halides is 2. The van der Waals surface area contributed by atoms with Crippen LogP contribution in [0.4, 0.5) is 8.78 Å². The van der Waals surface area contributed by atoms with Gasteiger partial charge in [-0.3, -0.25) is 4.79 Å². The summed E-state index contributed by atoms with van der Waals surface area (Å²) in [6, 6.07) is -3.14. The normalized spacial score (nSPS) is 11.7. The summed E-state index contributed by atoms with van der Waals surface area (Å²) in [5.74, 6) is -0.481. The van der Waals surface area contributed by atoms with E-state index in [4.69, 9.17) is 0 Å². The van der Waals surface area contributed by atoms with Gasteiger partial charge in [-0.1, -0.05) is 13.0 Å². The molecule has 0 amide bonds. The number of hydrogen-bond donors (Lipinski definition) is 0. The van der Waals surface area contributed by atoms with Crippen molar-refractivity contribution in [2.45, 2.75) is 25.8 Å².